The molecule has 1 fully saturated rings. The van der Waals surface area contributed by atoms with E-state index in [2.05, 4.69) is 18.8 Å². The molecular weight excluding hydrogens is 218 g/mol. The summed E-state index contributed by atoms with van der Waals surface area (Å²) >= 11 is 0. The van der Waals surface area contributed by atoms with Crippen LogP contribution in [-0.4, -0.2) is 35.4 Å². The number of rotatable bonds is 2. The zero-order valence-corrected chi connectivity index (χ0v) is 10.2. The molecule has 0 radical (unpaired) electrons. The van der Waals surface area contributed by atoms with Crippen molar-refractivity contribution in [1.82, 2.24) is 9.88 Å². The summed E-state index contributed by atoms with van der Waals surface area (Å²) in [5, 5.41) is 0. The molecule has 1 aromatic heterocycles. The predicted octanol–water partition coefficient (Wildman–Crippen LogP) is 1.60. The summed E-state index contributed by atoms with van der Waals surface area (Å²) in [4.78, 5) is 30.0. The molecule has 0 N–H and O–H groups in total. The Balaban J connectivity index is 2.24. The molecule has 17 heavy (non-hydrogen) atoms. The van der Waals surface area contributed by atoms with Gasteiger partial charge in [0.25, 0.3) is 0 Å². The molecule has 5 heteroatoms. The molecule has 0 spiro atoms. The first-order valence-corrected chi connectivity index (χ1v) is 5.54. The quantitative estimate of drug-likeness (QED) is 0.729. The van der Waals surface area contributed by atoms with Gasteiger partial charge in [-0.2, -0.15) is 0 Å². The number of carbonyl (C=O) groups excluding carboxylic acids is 2. The van der Waals surface area contributed by atoms with E-state index in [4.69, 9.17) is 0 Å². The minimum Gasteiger partial charge on any atom is -0.283 e. The van der Waals surface area contributed by atoms with Gasteiger partial charge in [-0.15, -0.1) is 0 Å². The van der Waals surface area contributed by atoms with Crippen molar-refractivity contribution in [2.75, 3.05) is 18.5 Å². The van der Waals surface area contributed by atoms with E-state index in [9.17, 15) is 9.59 Å². The first-order chi connectivity index (χ1) is 8.00. The number of amides is 3. The lowest BCUT2D eigenvalue weighted by Crippen LogP contribution is -2.29. The molecular formula is C12H15N3O2. The highest BCUT2D eigenvalue weighted by Crippen LogP contribution is 2.21. The van der Waals surface area contributed by atoms with Crippen molar-refractivity contribution in [3.63, 3.8) is 0 Å². The van der Waals surface area contributed by atoms with Crippen molar-refractivity contribution < 1.29 is 9.59 Å². The maximum atomic E-state index is 11.7. The zero-order chi connectivity index (χ0) is 12.6. The van der Waals surface area contributed by atoms with Crippen LogP contribution in [0.1, 0.15) is 25.5 Å². The Morgan fingerprint density at radius 3 is 2.41 bits per heavy atom. The van der Waals surface area contributed by atoms with Gasteiger partial charge < -0.3 is 0 Å². The molecule has 2 heterocycles. The van der Waals surface area contributed by atoms with Gasteiger partial charge in [0.1, 0.15) is 6.54 Å². The predicted molar refractivity (Wildman–Crippen MR) is 63.8 cm³/mol. The standard InChI is InChI=1S/C12H15N3O2/c1-8(2)10-5-4-9(6-13-10)15-7-11(16)14(3)12(15)17/h4-6,8H,7H2,1-3H3. The van der Waals surface area contributed by atoms with E-state index in [1.165, 1.54) is 11.9 Å². The molecule has 0 bridgehead atoms. The van der Waals surface area contributed by atoms with Gasteiger partial charge in [0.15, 0.2) is 0 Å². The zero-order valence-electron chi connectivity index (χ0n) is 10.2. The van der Waals surface area contributed by atoms with E-state index in [1.807, 2.05) is 12.1 Å². The van der Waals surface area contributed by atoms with E-state index in [0.29, 0.717) is 11.6 Å². The highest BCUT2D eigenvalue weighted by molar-refractivity contribution is 6.11. The average Bonchev–Trinajstić information content (AvgIpc) is 2.57. The Bertz CT molecular complexity index is 453. The van der Waals surface area contributed by atoms with Gasteiger partial charge in [-0.25, -0.2) is 4.79 Å². The summed E-state index contributed by atoms with van der Waals surface area (Å²) in [5.41, 5.74) is 1.64. The van der Waals surface area contributed by atoms with Gasteiger partial charge in [-0.3, -0.25) is 19.6 Å². The Kier molecular flexibility index (Phi) is 2.83. The number of pyridine rings is 1. The van der Waals surface area contributed by atoms with Crippen LogP contribution in [0, 0.1) is 0 Å². The van der Waals surface area contributed by atoms with Crippen LogP contribution in [-0.2, 0) is 4.79 Å². The van der Waals surface area contributed by atoms with Gasteiger partial charge in [0, 0.05) is 12.7 Å². The van der Waals surface area contributed by atoms with Crippen LogP contribution in [0.15, 0.2) is 18.3 Å². The van der Waals surface area contributed by atoms with Gasteiger partial charge in [0.2, 0.25) is 5.91 Å². The van der Waals surface area contributed by atoms with Crippen LogP contribution in [0.5, 0.6) is 0 Å². The summed E-state index contributed by atoms with van der Waals surface area (Å²) < 4.78 is 0. The Hall–Kier alpha value is -1.91. The van der Waals surface area contributed by atoms with Gasteiger partial charge in [-0.05, 0) is 18.1 Å². The molecule has 0 unspecified atom stereocenters. The molecule has 90 valence electrons. The lowest BCUT2D eigenvalue weighted by Gasteiger charge is -2.15. The van der Waals surface area contributed by atoms with Gasteiger partial charge in [-0.1, -0.05) is 13.8 Å². The maximum absolute atomic E-state index is 11.7. The van der Waals surface area contributed by atoms with Crippen LogP contribution in [0.4, 0.5) is 10.5 Å². The monoisotopic (exact) mass is 233 g/mol. The average molecular weight is 233 g/mol. The van der Waals surface area contributed by atoms with Gasteiger partial charge in [0.05, 0.1) is 11.9 Å². The fourth-order valence-electron chi connectivity index (χ4n) is 1.70. The minimum absolute atomic E-state index is 0.0953. The van der Waals surface area contributed by atoms with Crippen molar-refractivity contribution >= 4 is 17.6 Å². The molecule has 1 aromatic rings. The van der Waals surface area contributed by atoms with Gasteiger partial charge >= 0.3 is 6.03 Å². The third-order valence-corrected chi connectivity index (χ3v) is 2.86. The topological polar surface area (TPSA) is 53.5 Å². The molecule has 5 nitrogen and oxygen atoms in total. The smallest absolute Gasteiger partial charge is 0.283 e. The number of hydrogen-bond donors (Lipinski definition) is 0. The fourth-order valence-corrected chi connectivity index (χ4v) is 1.70. The molecule has 1 saturated heterocycles. The number of aromatic nitrogens is 1. The van der Waals surface area contributed by atoms with Crippen LogP contribution >= 0.6 is 0 Å². The summed E-state index contributed by atoms with van der Waals surface area (Å²) in [6, 6.07) is 3.41. The molecule has 0 saturated carbocycles. The number of urea groups is 1. The van der Waals surface area contributed by atoms with E-state index >= 15 is 0 Å². The third-order valence-electron chi connectivity index (χ3n) is 2.86. The highest BCUT2D eigenvalue weighted by Gasteiger charge is 2.34. The first kappa shape index (κ1) is 11.6. The second-order valence-electron chi connectivity index (χ2n) is 4.42. The highest BCUT2D eigenvalue weighted by atomic mass is 16.2. The van der Waals surface area contributed by atoms with Crippen LogP contribution in [0.25, 0.3) is 0 Å². The Morgan fingerprint density at radius 1 is 1.29 bits per heavy atom. The van der Waals surface area contributed by atoms with Crippen molar-refractivity contribution in [2.24, 2.45) is 0 Å². The number of anilines is 1. The van der Waals surface area contributed by atoms with E-state index in [1.54, 1.807) is 6.20 Å². The Morgan fingerprint density at radius 2 is 2.00 bits per heavy atom. The lowest BCUT2D eigenvalue weighted by atomic mass is 10.1. The number of likely N-dealkylation sites (N-methyl/N-ethyl adjacent to an activating group) is 1. The summed E-state index contributed by atoms with van der Waals surface area (Å²) in [7, 11) is 1.49. The minimum atomic E-state index is -0.297. The third kappa shape index (κ3) is 2.00. The first-order valence-electron chi connectivity index (χ1n) is 5.54. The molecule has 1 aliphatic rings. The molecule has 2 rings (SSSR count). The number of nitrogens with zero attached hydrogens (tertiary/aromatic N) is 3. The number of imide groups is 1. The second-order valence-corrected chi connectivity index (χ2v) is 4.42. The fraction of sp³-hybridized carbons (Fsp3) is 0.417. The normalized spacial score (nSPS) is 16.2. The van der Waals surface area contributed by atoms with Crippen LogP contribution in [0.2, 0.25) is 0 Å². The SMILES string of the molecule is CC(C)c1ccc(N2CC(=O)N(C)C2=O)cn1. The van der Waals surface area contributed by atoms with Crippen LogP contribution < -0.4 is 4.90 Å². The molecule has 0 aromatic carbocycles. The number of hydrogen-bond acceptors (Lipinski definition) is 3. The Labute approximate surface area is 100 Å². The molecule has 3 amide bonds. The summed E-state index contributed by atoms with van der Waals surface area (Å²) in [6.45, 7) is 4.21. The summed E-state index contributed by atoms with van der Waals surface area (Å²) in [6.07, 6.45) is 1.64. The molecule has 0 atom stereocenters. The molecule has 0 aliphatic carbocycles. The molecule has 1 aliphatic heterocycles. The number of carbonyl (C=O) groups is 2. The largest absolute Gasteiger partial charge is 0.331 e. The van der Waals surface area contributed by atoms with E-state index < -0.39 is 0 Å². The van der Waals surface area contributed by atoms with Crippen molar-refractivity contribution in [2.45, 2.75) is 19.8 Å². The van der Waals surface area contributed by atoms with E-state index in [0.717, 1.165) is 10.6 Å². The summed E-state index contributed by atoms with van der Waals surface area (Å²) in [5.74, 6) is 0.158. The van der Waals surface area contributed by atoms with E-state index in [-0.39, 0.29) is 18.5 Å². The van der Waals surface area contributed by atoms with Crippen molar-refractivity contribution in [3.8, 4) is 0 Å². The van der Waals surface area contributed by atoms with Crippen molar-refractivity contribution in [3.05, 3.63) is 24.0 Å². The maximum Gasteiger partial charge on any atom is 0.331 e. The van der Waals surface area contributed by atoms with Crippen LogP contribution in [0.3, 0.4) is 0 Å². The van der Waals surface area contributed by atoms with Crippen molar-refractivity contribution in [1.29, 1.82) is 0 Å². The second kappa shape index (κ2) is 4.16. The lowest BCUT2D eigenvalue weighted by molar-refractivity contribution is -0.123.